The summed E-state index contributed by atoms with van der Waals surface area (Å²) in [6, 6.07) is 23.8. The van der Waals surface area contributed by atoms with E-state index in [2.05, 4.69) is 29.2 Å². The fourth-order valence-corrected chi connectivity index (χ4v) is 5.03. The molecule has 0 spiro atoms. The number of carbonyl (C=O) groups is 1. The van der Waals surface area contributed by atoms with Crippen molar-refractivity contribution in [1.82, 2.24) is 9.80 Å². The Morgan fingerprint density at radius 1 is 0.914 bits per heavy atom. The maximum atomic E-state index is 13.4. The highest BCUT2D eigenvalue weighted by atomic mass is 19.1. The lowest BCUT2D eigenvalue weighted by Gasteiger charge is -2.25. The zero-order valence-corrected chi connectivity index (χ0v) is 20.4. The van der Waals surface area contributed by atoms with Gasteiger partial charge < -0.3 is 4.90 Å². The first-order valence-electron chi connectivity index (χ1n) is 12.5. The lowest BCUT2D eigenvalue weighted by atomic mass is 9.87. The lowest BCUT2D eigenvalue weighted by molar-refractivity contribution is -0.131. The summed E-state index contributed by atoms with van der Waals surface area (Å²) in [5.74, 6) is -0.300. The Hall–Kier alpha value is -3.05. The quantitative estimate of drug-likeness (QED) is 0.317. The van der Waals surface area contributed by atoms with Crippen LogP contribution in [0.15, 0.2) is 78.9 Å². The molecule has 35 heavy (non-hydrogen) atoms. The Balaban J connectivity index is 1.26. The molecular formula is C30H34F2N2O. The van der Waals surface area contributed by atoms with Crippen molar-refractivity contribution in [3.05, 3.63) is 107 Å². The van der Waals surface area contributed by atoms with E-state index in [0.717, 1.165) is 56.4 Å². The van der Waals surface area contributed by atoms with Crippen molar-refractivity contribution in [3.8, 4) is 0 Å². The molecule has 0 N–H and O–H groups in total. The largest absolute Gasteiger partial charge is 0.341 e. The normalized spacial score (nSPS) is 16.1. The third-order valence-corrected chi connectivity index (χ3v) is 7.12. The van der Waals surface area contributed by atoms with E-state index in [1.807, 2.05) is 18.0 Å². The molecule has 1 saturated heterocycles. The van der Waals surface area contributed by atoms with Crippen LogP contribution in [0.4, 0.5) is 8.78 Å². The average Bonchev–Trinajstić information content (AvgIpc) is 3.34. The summed E-state index contributed by atoms with van der Waals surface area (Å²) in [4.78, 5) is 17.2. The number of amides is 1. The highest BCUT2D eigenvalue weighted by molar-refractivity contribution is 5.76. The van der Waals surface area contributed by atoms with Crippen LogP contribution in [0.25, 0.3) is 0 Å². The van der Waals surface area contributed by atoms with Crippen LogP contribution < -0.4 is 0 Å². The van der Waals surface area contributed by atoms with Crippen LogP contribution in [0.1, 0.15) is 54.7 Å². The van der Waals surface area contributed by atoms with Gasteiger partial charge in [0.2, 0.25) is 5.91 Å². The predicted molar refractivity (Wildman–Crippen MR) is 136 cm³/mol. The van der Waals surface area contributed by atoms with Gasteiger partial charge in [-0.05, 0) is 60.2 Å². The second kappa shape index (κ2) is 12.1. The number of rotatable bonds is 10. The number of likely N-dealkylation sites (tertiary alicyclic amines) is 1. The van der Waals surface area contributed by atoms with Gasteiger partial charge in [-0.1, -0.05) is 61.0 Å². The van der Waals surface area contributed by atoms with Crippen molar-refractivity contribution < 1.29 is 13.6 Å². The van der Waals surface area contributed by atoms with Gasteiger partial charge in [0.25, 0.3) is 0 Å². The van der Waals surface area contributed by atoms with Crippen molar-refractivity contribution in [3.63, 3.8) is 0 Å². The Bertz CT molecular complexity index is 1020. The van der Waals surface area contributed by atoms with E-state index in [9.17, 15) is 13.6 Å². The molecule has 4 rings (SSSR count). The van der Waals surface area contributed by atoms with Crippen LogP contribution in [0.2, 0.25) is 0 Å². The number of unbranched alkanes of at least 4 members (excludes halogenated alkanes) is 1. The molecule has 1 fully saturated rings. The van der Waals surface area contributed by atoms with E-state index in [1.54, 1.807) is 24.3 Å². The number of hydrogen-bond acceptors (Lipinski definition) is 2. The molecule has 1 atom stereocenters. The predicted octanol–water partition coefficient (Wildman–Crippen LogP) is 6.39. The van der Waals surface area contributed by atoms with Gasteiger partial charge in [0.05, 0.1) is 0 Å². The van der Waals surface area contributed by atoms with Gasteiger partial charge in [0.1, 0.15) is 11.6 Å². The fraction of sp³-hybridized carbons (Fsp3) is 0.367. The minimum absolute atomic E-state index is 0.0467. The highest BCUT2D eigenvalue weighted by Crippen LogP contribution is 2.30. The van der Waals surface area contributed by atoms with Gasteiger partial charge >= 0.3 is 0 Å². The van der Waals surface area contributed by atoms with E-state index in [0.29, 0.717) is 6.42 Å². The maximum Gasteiger partial charge on any atom is 0.222 e. The van der Waals surface area contributed by atoms with E-state index in [4.69, 9.17) is 0 Å². The third-order valence-electron chi connectivity index (χ3n) is 7.12. The number of carbonyl (C=O) groups excluding carboxylic acids is 1. The molecule has 5 heteroatoms. The molecule has 1 aliphatic heterocycles. The summed E-state index contributed by atoms with van der Waals surface area (Å²) in [6.45, 7) is 2.84. The van der Waals surface area contributed by atoms with Gasteiger partial charge in [-0.3, -0.25) is 9.69 Å². The molecule has 0 saturated carbocycles. The summed E-state index contributed by atoms with van der Waals surface area (Å²) in [7, 11) is 1.93. The first-order valence-corrected chi connectivity index (χ1v) is 12.5. The number of likely N-dealkylation sites (N-methyl/N-ethyl adjacent to an activating group) is 1. The molecule has 0 unspecified atom stereocenters. The van der Waals surface area contributed by atoms with Gasteiger partial charge in [0.15, 0.2) is 0 Å². The van der Waals surface area contributed by atoms with Crippen molar-refractivity contribution in [2.24, 2.45) is 0 Å². The lowest BCUT2D eigenvalue weighted by Crippen LogP contribution is -2.38. The van der Waals surface area contributed by atoms with Gasteiger partial charge in [0, 0.05) is 45.1 Å². The molecule has 0 aromatic heterocycles. The number of nitrogens with zero attached hydrogens (tertiary/aromatic N) is 2. The summed E-state index contributed by atoms with van der Waals surface area (Å²) >= 11 is 0. The molecule has 3 nitrogen and oxygen atoms in total. The Labute approximate surface area is 207 Å². The van der Waals surface area contributed by atoms with Crippen LogP contribution in [0, 0.1) is 11.6 Å². The van der Waals surface area contributed by atoms with E-state index in [1.165, 1.54) is 29.8 Å². The average molecular weight is 477 g/mol. The number of hydrogen-bond donors (Lipinski definition) is 0. The molecule has 0 radical (unpaired) electrons. The fourth-order valence-electron chi connectivity index (χ4n) is 5.03. The van der Waals surface area contributed by atoms with E-state index < -0.39 is 0 Å². The summed E-state index contributed by atoms with van der Waals surface area (Å²) in [6.07, 6.45) is 4.01. The summed E-state index contributed by atoms with van der Waals surface area (Å²) in [5, 5.41) is 0. The van der Waals surface area contributed by atoms with Crippen LogP contribution in [-0.2, 0) is 11.3 Å². The Kier molecular flexibility index (Phi) is 8.64. The molecule has 1 aliphatic rings. The highest BCUT2D eigenvalue weighted by Gasteiger charge is 2.28. The van der Waals surface area contributed by atoms with Crippen molar-refractivity contribution in [1.29, 1.82) is 0 Å². The zero-order valence-electron chi connectivity index (χ0n) is 20.4. The molecule has 0 bridgehead atoms. The Morgan fingerprint density at radius 3 is 2.11 bits per heavy atom. The molecule has 1 heterocycles. The van der Waals surface area contributed by atoms with Crippen molar-refractivity contribution in [2.75, 3.05) is 20.1 Å². The van der Waals surface area contributed by atoms with Crippen LogP contribution >= 0.6 is 0 Å². The topological polar surface area (TPSA) is 23.6 Å². The standard InChI is InChI=1S/C30H34F2N2O/c1-33(28-19-20-34(22-28)21-23-7-3-2-4-8-23)30(35)10-6-5-9-29(24-11-15-26(31)16-12-24)25-13-17-27(32)18-14-25/h2-4,7-8,11-18,28-29H,5-6,9-10,19-22H2,1H3/t28-/m1/s1. The van der Waals surface area contributed by atoms with Gasteiger partial charge in [-0.25, -0.2) is 8.78 Å². The van der Waals surface area contributed by atoms with E-state index >= 15 is 0 Å². The Morgan fingerprint density at radius 2 is 1.51 bits per heavy atom. The monoisotopic (exact) mass is 476 g/mol. The van der Waals surface area contributed by atoms with E-state index in [-0.39, 0.29) is 29.5 Å². The molecule has 184 valence electrons. The minimum atomic E-state index is -0.269. The first kappa shape index (κ1) is 25.1. The van der Waals surface area contributed by atoms with Crippen molar-refractivity contribution in [2.45, 2.75) is 50.6 Å². The van der Waals surface area contributed by atoms with Gasteiger partial charge in [-0.2, -0.15) is 0 Å². The molecule has 0 aliphatic carbocycles. The summed E-state index contributed by atoms with van der Waals surface area (Å²) in [5.41, 5.74) is 3.32. The first-order chi connectivity index (χ1) is 17.0. The minimum Gasteiger partial charge on any atom is -0.341 e. The smallest absolute Gasteiger partial charge is 0.222 e. The number of benzene rings is 3. The number of halogens is 2. The van der Waals surface area contributed by atoms with Crippen LogP contribution in [0.3, 0.4) is 0 Å². The van der Waals surface area contributed by atoms with Gasteiger partial charge in [-0.15, -0.1) is 0 Å². The summed E-state index contributed by atoms with van der Waals surface area (Å²) < 4.78 is 26.9. The van der Waals surface area contributed by atoms with Crippen LogP contribution in [-0.4, -0.2) is 41.9 Å². The van der Waals surface area contributed by atoms with Crippen molar-refractivity contribution >= 4 is 5.91 Å². The maximum absolute atomic E-state index is 13.4. The molecule has 3 aromatic rings. The molecular weight excluding hydrogens is 442 g/mol. The second-order valence-corrected chi connectivity index (χ2v) is 9.57. The molecule has 3 aromatic carbocycles. The zero-order chi connectivity index (χ0) is 24.6. The second-order valence-electron chi connectivity index (χ2n) is 9.57. The van der Waals surface area contributed by atoms with Crippen LogP contribution in [0.5, 0.6) is 0 Å². The molecule has 1 amide bonds. The SMILES string of the molecule is CN(C(=O)CCCCC(c1ccc(F)cc1)c1ccc(F)cc1)[C@@H]1CCN(Cc2ccccc2)C1. The third kappa shape index (κ3) is 6.98.